The van der Waals surface area contributed by atoms with Crippen molar-refractivity contribution in [1.82, 2.24) is 0 Å². The summed E-state index contributed by atoms with van der Waals surface area (Å²) in [7, 11) is 0. The van der Waals surface area contributed by atoms with E-state index in [-0.39, 0.29) is 0 Å². The molecule has 42 nitrogen and oxygen atoms in total. The Hall–Kier alpha value is -12.7. The molecule has 0 aromatic carbocycles. The molecule has 20 unspecified atom stereocenters. The monoisotopic (exact) mass is 1730 g/mol. The van der Waals surface area contributed by atoms with Gasteiger partial charge < -0.3 is 66.3 Å². The van der Waals surface area contributed by atoms with Gasteiger partial charge in [-0.3, -0.25) is 134 Å². The van der Waals surface area contributed by atoms with E-state index in [1.807, 2.05) is 0 Å². The summed E-state index contributed by atoms with van der Waals surface area (Å²) in [5.74, 6) is -49.6. The Morgan fingerprint density at radius 2 is 0.372 bits per heavy atom. The maximum atomic E-state index is 13.2. The number of alkyl halides is 9. The van der Waals surface area contributed by atoms with Crippen molar-refractivity contribution in [2.45, 2.75) is 94.7 Å². The van der Waals surface area contributed by atoms with Crippen molar-refractivity contribution in [3.05, 3.63) is 0 Å². The van der Waals surface area contributed by atoms with E-state index >= 15 is 0 Å². The third-order valence-corrected chi connectivity index (χ3v) is 30.3. The molecule has 51 heteroatoms. The lowest BCUT2D eigenvalue weighted by Gasteiger charge is -2.65. The van der Waals surface area contributed by atoms with Crippen LogP contribution in [-0.2, 0) is 201 Å². The number of carbonyl (C=O) groups excluding carboxylic acids is 28. The predicted molar refractivity (Wildman–Crippen MR) is 319 cm³/mol. The maximum absolute atomic E-state index is 13.2. The second-order valence-corrected chi connectivity index (χ2v) is 33.9. The van der Waals surface area contributed by atoms with Crippen LogP contribution in [0.3, 0.4) is 0 Å². The molecule has 0 amide bonds. The summed E-state index contributed by atoms with van der Waals surface area (Å²) in [5.41, 5.74) is -25.4. The zero-order valence-corrected chi connectivity index (χ0v) is 62.1. The Labute approximate surface area is 658 Å². The van der Waals surface area contributed by atoms with Gasteiger partial charge in [0.2, 0.25) is 0 Å². The van der Waals surface area contributed by atoms with Gasteiger partial charge in [0.15, 0.2) is 16.2 Å². The van der Waals surface area contributed by atoms with Crippen molar-refractivity contribution in [2.24, 2.45) is 159 Å². The lowest BCUT2D eigenvalue weighted by molar-refractivity contribution is -0.297. The normalized spacial score (nSPS) is 47.0. The van der Waals surface area contributed by atoms with Crippen LogP contribution in [0.15, 0.2) is 0 Å². The van der Waals surface area contributed by atoms with E-state index in [9.17, 15) is 174 Å². The Bertz CT molecular complexity index is 5070. The molecule has 0 spiro atoms. The van der Waals surface area contributed by atoms with Gasteiger partial charge in [0.25, 0.3) is 0 Å². The lowest BCUT2D eigenvalue weighted by Crippen LogP contribution is -2.77. The van der Waals surface area contributed by atoms with Gasteiger partial charge >= 0.3 is 186 Å². The minimum Gasteiger partial charge on any atom is -0.393 e. The van der Waals surface area contributed by atoms with Crippen molar-refractivity contribution in [1.29, 1.82) is 0 Å². The fraction of sp³-hybridized carbons (Fsp3) is 0.600. The number of rotatable bonds is 0. The summed E-state index contributed by atoms with van der Waals surface area (Å²) in [5, 5.41) is 0. The van der Waals surface area contributed by atoms with Crippen LogP contribution in [0.4, 0.5) is 39.5 Å². The smallest absolute Gasteiger partial charge is 0.393 e. The molecule has 21 rings (SSSR count). The molecule has 14 heterocycles. The first-order valence-electron chi connectivity index (χ1n) is 35.0. The highest BCUT2D eigenvalue weighted by atomic mass is 19.4. The number of hydrogen-bond acceptors (Lipinski definition) is 42. The van der Waals surface area contributed by atoms with Gasteiger partial charge in [-0.1, -0.05) is 0 Å². The van der Waals surface area contributed by atoms with Crippen LogP contribution in [0.1, 0.15) is 76.2 Å². The number of fused-ring (bicyclic) bond motifs is 28. The molecule has 0 bridgehead atoms. The van der Waals surface area contributed by atoms with Crippen LogP contribution in [0.5, 0.6) is 0 Å². The summed E-state index contributed by atoms with van der Waals surface area (Å²) >= 11 is 0. The first-order chi connectivity index (χ1) is 55.2. The Morgan fingerprint density at radius 1 is 0.182 bits per heavy atom. The van der Waals surface area contributed by atoms with E-state index in [1.54, 1.807) is 0 Å². The maximum Gasteiger partial charge on any atom is 0.406 e. The Kier molecular flexibility index (Phi) is 15.9. The van der Waals surface area contributed by atoms with Crippen molar-refractivity contribution >= 4 is 167 Å². The second kappa shape index (κ2) is 23.1. The fourth-order valence-electron chi connectivity index (χ4n) is 23.4. The number of hydrogen-bond donors (Lipinski definition) is 0. The highest BCUT2D eigenvalue weighted by molar-refractivity contribution is 6.21. The van der Waals surface area contributed by atoms with Gasteiger partial charge in [-0.15, -0.1) is 0 Å². The van der Waals surface area contributed by atoms with Crippen LogP contribution < -0.4 is 0 Å². The average molecular weight is 1730 g/mol. The van der Waals surface area contributed by atoms with Crippen LogP contribution in [0.25, 0.3) is 0 Å². The molecule has 14 aliphatic heterocycles. The molecule has 0 aromatic heterocycles. The van der Waals surface area contributed by atoms with Gasteiger partial charge in [-0.2, -0.15) is 39.5 Å². The van der Waals surface area contributed by atoms with Gasteiger partial charge in [0, 0.05) is 0 Å². The van der Waals surface area contributed by atoms with Gasteiger partial charge in [-0.05, 0) is 76.2 Å². The Balaban J connectivity index is 0.000000110. The molecule has 20 atom stereocenters. The van der Waals surface area contributed by atoms with Crippen LogP contribution in [0, 0.1) is 159 Å². The zero-order chi connectivity index (χ0) is 90.6. The minimum atomic E-state index is -5.19. The second-order valence-electron chi connectivity index (χ2n) is 33.9. The number of ether oxygens (including phenoxy) is 14. The van der Waals surface area contributed by atoms with E-state index in [0.717, 1.165) is 13.8 Å². The highest BCUT2D eigenvalue weighted by Gasteiger charge is 3.00. The molecule has 21 aliphatic rings. The molecule has 642 valence electrons. The summed E-state index contributed by atoms with van der Waals surface area (Å²) in [6, 6.07) is 0. The third-order valence-electron chi connectivity index (χ3n) is 30.3. The van der Waals surface area contributed by atoms with Crippen molar-refractivity contribution in [3.8, 4) is 0 Å². The standard InChI is InChI=1S/C12H12O6.2C10H5F3O6.2C10H8O6.C9H3F3O6.C9H6O6/c1-9-5(13)17-6(14)10(9,2)12(4)8(16)18-7(15)11(9,12)3;2*1-8-2(4(14)18-6(8)16)9(10(11,12)13)3(8)5(15)19-7(9)17;1-9-3(5(11)15-7(9)13)10(2)4(9)6(12)16-8(10)14;1-9-3(5(11)15-7(9)13)4-6(12)16-8(14)10(4,9)2;10-9(11,12)8-2-1(4(13)17-5(2)14)3(8)6(15)18-7(8)16;1-9-3-2(5(10)14-6(3)11)4(9)7(12)15-8(9)13/h1-4H3;2*2-3H,1H3;2*3-4H,1-2H3;1-3H;2-4H,1H3. The Morgan fingerprint density at radius 3 is 0.661 bits per heavy atom. The van der Waals surface area contributed by atoms with Crippen molar-refractivity contribution < 1.29 is 240 Å². The summed E-state index contributed by atoms with van der Waals surface area (Å²) in [6.07, 6.45) is -15.5. The van der Waals surface area contributed by atoms with E-state index in [2.05, 4.69) is 66.3 Å². The van der Waals surface area contributed by atoms with E-state index < -0.39 is 344 Å². The average Bonchev–Trinajstić information content (AvgIpc) is 1.44. The minimum absolute atomic E-state index is 0.723. The molecule has 14 saturated heterocycles. The summed E-state index contributed by atoms with van der Waals surface area (Å²) < 4.78 is 179. The first kappa shape index (κ1) is 83.4. The molecule has 0 radical (unpaired) electrons. The molecule has 0 aromatic rings. The van der Waals surface area contributed by atoms with Gasteiger partial charge in [0.1, 0.15) is 23.7 Å². The van der Waals surface area contributed by atoms with Crippen molar-refractivity contribution in [2.75, 3.05) is 0 Å². The number of cyclic esters (lactones) is 28. The van der Waals surface area contributed by atoms with Crippen LogP contribution >= 0.6 is 0 Å². The van der Waals surface area contributed by atoms with Gasteiger partial charge in [-0.25, -0.2) is 0 Å². The molecule has 7 saturated carbocycles. The summed E-state index contributed by atoms with van der Waals surface area (Å²) in [6.45, 7) is 15.3. The lowest BCUT2D eigenvalue weighted by atomic mass is 9.27. The van der Waals surface area contributed by atoms with Crippen LogP contribution in [-0.4, -0.2) is 186 Å². The number of esters is 28. The van der Waals surface area contributed by atoms with Crippen LogP contribution in [0.2, 0.25) is 0 Å². The SMILES string of the molecule is CC12C(=O)OC(=O)C1(C)C1(C)C(=O)OC(=O)C21C.CC12C(=O)OC(=O)C1C1(C(F)(F)F)C(=O)OC(=O)C21.CC12C(=O)OC(=O)C1C1(C(F)(F)F)C(=O)OC(=O)C21.CC12C(=O)OC(=O)C1C1(C)C(=O)OC(=O)C21.CC12C(=O)OC(=O)C1C1C(=O)OC(=O)C12.CC12C(=O)OC(=O)C1C1C(=O)OC(=O)C12C.O=C1OC(=O)C2C1C1C(=O)OC(=O)C21C(F)(F)F. The molecule has 0 N–H and O–H groups in total. The molecule has 7 aliphatic carbocycles. The van der Waals surface area contributed by atoms with E-state index in [0.29, 0.717) is 0 Å². The molecular formula is C70H47F9O42. The van der Waals surface area contributed by atoms with Crippen molar-refractivity contribution in [3.63, 3.8) is 0 Å². The molecule has 121 heavy (non-hydrogen) atoms. The molecular weight excluding hydrogens is 1680 g/mol. The van der Waals surface area contributed by atoms with E-state index in [4.69, 9.17) is 0 Å². The van der Waals surface area contributed by atoms with Gasteiger partial charge in [0.05, 0.1) is 119 Å². The number of halogens is 9. The first-order valence-corrected chi connectivity index (χ1v) is 35.0. The third kappa shape index (κ3) is 8.10. The zero-order valence-electron chi connectivity index (χ0n) is 62.1. The quantitative estimate of drug-likeness (QED) is 0.105. The highest BCUT2D eigenvalue weighted by Crippen LogP contribution is 2.84. The van der Waals surface area contributed by atoms with E-state index in [1.165, 1.54) is 62.3 Å². The number of carbonyl (C=O) groups is 28. The summed E-state index contributed by atoms with van der Waals surface area (Å²) in [4.78, 5) is 322. The molecule has 21 fully saturated rings. The largest absolute Gasteiger partial charge is 0.406 e. The topological polar surface area (TPSA) is 607 Å². The predicted octanol–water partition coefficient (Wildman–Crippen LogP) is -2.49. The fourth-order valence-corrected chi connectivity index (χ4v) is 23.4.